The number of aromatic nitrogens is 1. The number of hydrogen-bond donors (Lipinski definition) is 2. The lowest BCUT2D eigenvalue weighted by Crippen LogP contribution is -2.58. The third-order valence-corrected chi connectivity index (χ3v) is 5.39. The van der Waals surface area contributed by atoms with Crippen molar-refractivity contribution in [2.45, 2.75) is 24.7 Å². The molecule has 2 amide bonds. The van der Waals surface area contributed by atoms with Crippen LogP contribution in [0.4, 0.5) is 13.2 Å². The first-order valence-electron chi connectivity index (χ1n) is 9.24. The van der Waals surface area contributed by atoms with Crippen LogP contribution in [-0.2, 0) is 9.59 Å². The molecule has 3 atom stereocenters. The number of likely N-dealkylation sites (tertiary alicyclic amines) is 1. The van der Waals surface area contributed by atoms with Gasteiger partial charge in [0.25, 0.3) is 0 Å². The minimum absolute atomic E-state index is 0.0355. The minimum Gasteiger partial charge on any atom is -0.354 e. The second-order valence-corrected chi connectivity index (χ2v) is 7.13. The standard InChI is InChI=1S/C18H24F3N5O2/c1-25-15(27)9-13(16(25)12-3-2-4-23-10-12)17(28)24-11-14(18(19,20)21)26-7-5-22-6-8-26/h2-4,10,13-14,16,22H,5-9,11H2,1H3,(H,24,28). The molecule has 0 aliphatic carbocycles. The van der Waals surface area contributed by atoms with Gasteiger partial charge in [-0.25, -0.2) is 0 Å². The zero-order chi connectivity index (χ0) is 20.3. The molecule has 7 nitrogen and oxygen atoms in total. The molecule has 0 spiro atoms. The van der Waals surface area contributed by atoms with E-state index in [1.165, 1.54) is 9.80 Å². The van der Waals surface area contributed by atoms with Gasteiger partial charge >= 0.3 is 6.18 Å². The van der Waals surface area contributed by atoms with Crippen LogP contribution in [0, 0.1) is 5.92 Å². The van der Waals surface area contributed by atoms with Crippen LogP contribution in [0.25, 0.3) is 0 Å². The van der Waals surface area contributed by atoms with E-state index in [-0.39, 0.29) is 25.4 Å². The van der Waals surface area contributed by atoms with Crippen LogP contribution in [-0.4, -0.2) is 78.6 Å². The number of nitrogens with zero attached hydrogens (tertiary/aromatic N) is 3. The van der Waals surface area contributed by atoms with Crippen LogP contribution in [0.15, 0.2) is 24.5 Å². The van der Waals surface area contributed by atoms with E-state index in [2.05, 4.69) is 15.6 Å². The maximum absolute atomic E-state index is 13.5. The van der Waals surface area contributed by atoms with Crippen LogP contribution in [0.3, 0.4) is 0 Å². The average Bonchev–Trinajstić information content (AvgIpc) is 2.97. The molecule has 154 valence electrons. The summed E-state index contributed by atoms with van der Waals surface area (Å²) in [5.74, 6) is -1.52. The summed E-state index contributed by atoms with van der Waals surface area (Å²) in [4.78, 5) is 31.7. The fourth-order valence-electron chi connectivity index (χ4n) is 3.89. The van der Waals surface area contributed by atoms with Crippen LogP contribution < -0.4 is 10.6 Å². The van der Waals surface area contributed by atoms with Gasteiger partial charge in [0.1, 0.15) is 6.04 Å². The van der Waals surface area contributed by atoms with E-state index in [9.17, 15) is 22.8 Å². The van der Waals surface area contributed by atoms with Gasteiger partial charge in [0.05, 0.1) is 12.0 Å². The maximum atomic E-state index is 13.5. The third-order valence-electron chi connectivity index (χ3n) is 5.39. The number of carbonyl (C=O) groups is 2. The van der Waals surface area contributed by atoms with Gasteiger partial charge in [-0.05, 0) is 11.6 Å². The van der Waals surface area contributed by atoms with Crippen LogP contribution >= 0.6 is 0 Å². The summed E-state index contributed by atoms with van der Waals surface area (Å²) in [5, 5.41) is 5.47. The van der Waals surface area contributed by atoms with E-state index >= 15 is 0 Å². The third kappa shape index (κ3) is 4.44. The zero-order valence-electron chi connectivity index (χ0n) is 15.6. The topological polar surface area (TPSA) is 77.6 Å². The molecule has 3 rings (SSSR count). The van der Waals surface area contributed by atoms with Crippen LogP contribution in [0.5, 0.6) is 0 Å². The molecule has 2 N–H and O–H groups in total. The van der Waals surface area contributed by atoms with Crippen molar-refractivity contribution < 1.29 is 22.8 Å². The lowest BCUT2D eigenvalue weighted by molar-refractivity contribution is -0.184. The average molecular weight is 399 g/mol. The van der Waals surface area contributed by atoms with Gasteiger partial charge in [-0.3, -0.25) is 19.5 Å². The molecule has 0 bridgehead atoms. The Hall–Kier alpha value is -2.20. The summed E-state index contributed by atoms with van der Waals surface area (Å²) >= 11 is 0. The Labute approximate surface area is 161 Å². The van der Waals surface area contributed by atoms with Crippen molar-refractivity contribution in [3.8, 4) is 0 Å². The number of carbonyl (C=O) groups excluding carboxylic acids is 2. The van der Waals surface area contributed by atoms with Gasteiger partial charge in [0, 0.05) is 58.6 Å². The summed E-state index contributed by atoms with van der Waals surface area (Å²) in [6.07, 6.45) is -1.34. The Morgan fingerprint density at radius 2 is 2.11 bits per heavy atom. The monoisotopic (exact) mass is 399 g/mol. The van der Waals surface area contributed by atoms with E-state index in [1.54, 1.807) is 31.6 Å². The first-order chi connectivity index (χ1) is 13.3. The molecule has 2 fully saturated rings. The highest BCUT2D eigenvalue weighted by Gasteiger charge is 2.46. The number of pyridine rings is 1. The lowest BCUT2D eigenvalue weighted by atomic mass is 9.94. The molecule has 2 aliphatic rings. The fraction of sp³-hybridized carbons (Fsp3) is 0.611. The highest BCUT2D eigenvalue weighted by atomic mass is 19.4. The van der Waals surface area contributed by atoms with Crippen molar-refractivity contribution in [3.63, 3.8) is 0 Å². The highest BCUT2D eigenvalue weighted by molar-refractivity contribution is 5.90. The molecule has 28 heavy (non-hydrogen) atoms. The Balaban J connectivity index is 1.70. The quantitative estimate of drug-likeness (QED) is 0.757. The molecule has 0 aromatic carbocycles. The molecule has 10 heteroatoms. The number of rotatable bonds is 5. The second-order valence-electron chi connectivity index (χ2n) is 7.13. The number of halogens is 3. The van der Waals surface area contributed by atoms with Gasteiger partial charge < -0.3 is 15.5 Å². The smallest absolute Gasteiger partial charge is 0.354 e. The summed E-state index contributed by atoms with van der Waals surface area (Å²) in [6, 6.07) is 1.17. The number of amides is 2. The van der Waals surface area contributed by atoms with Crippen molar-refractivity contribution in [1.29, 1.82) is 0 Å². The van der Waals surface area contributed by atoms with Gasteiger partial charge in [0.15, 0.2) is 0 Å². The van der Waals surface area contributed by atoms with E-state index in [4.69, 9.17) is 0 Å². The predicted molar refractivity (Wildman–Crippen MR) is 95.2 cm³/mol. The lowest BCUT2D eigenvalue weighted by Gasteiger charge is -2.36. The molecule has 0 saturated carbocycles. The van der Waals surface area contributed by atoms with Crippen molar-refractivity contribution in [2.24, 2.45) is 5.92 Å². The van der Waals surface area contributed by atoms with Crippen molar-refractivity contribution in [2.75, 3.05) is 39.8 Å². The fourth-order valence-corrected chi connectivity index (χ4v) is 3.89. The van der Waals surface area contributed by atoms with Crippen molar-refractivity contribution >= 4 is 11.8 Å². The van der Waals surface area contributed by atoms with Crippen LogP contribution in [0.1, 0.15) is 18.0 Å². The highest BCUT2D eigenvalue weighted by Crippen LogP contribution is 2.36. The van der Waals surface area contributed by atoms with Gasteiger partial charge in [-0.2, -0.15) is 13.2 Å². The second kappa shape index (κ2) is 8.44. The summed E-state index contributed by atoms with van der Waals surface area (Å²) in [5.41, 5.74) is 0.686. The minimum atomic E-state index is -4.45. The van der Waals surface area contributed by atoms with E-state index in [0.717, 1.165) is 0 Å². The van der Waals surface area contributed by atoms with E-state index in [1.807, 2.05) is 0 Å². The number of piperazine rings is 1. The van der Waals surface area contributed by atoms with E-state index < -0.39 is 36.6 Å². The Bertz CT molecular complexity index is 694. The van der Waals surface area contributed by atoms with Crippen molar-refractivity contribution in [3.05, 3.63) is 30.1 Å². The molecule has 1 aromatic heterocycles. The maximum Gasteiger partial charge on any atom is 0.405 e. The number of hydrogen-bond acceptors (Lipinski definition) is 5. The summed E-state index contributed by atoms with van der Waals surface area (Å²) in [7, 11) is 1.59. The summed E-state index contributed by atoms with van der Waals surface area (Å²) in [6.45, 7) is 0.958. The SMILES string of the molecule is CN1C(=O)CC(C(=O)NCC(N2CCNCC2)C(F)(F)F)C1c1cccnc1. The first-order valence-corrected chi connectivity index (χ1v) is 9.24. The molecule has 3 unspecified atom stereocenters. The van der Waals surface area contributed by atoms with Crippen LogP contribution in [0.2, 0.25) is 0 Å². The Morgan fingerprint density at radius 3 is 2.71 bits per heavy atom. The molecular formula is C18H24F3N5O2. The predicted octanol–water partition coefficient (Wildman–Crippen LogP) is 0.553. The number of alkyl halides is 3. The molecule has 0 radical (unpaired) electrons. The van der Waals surface area contributed by atoms with E-state index in [0.29, 0.717) is 18.7 Å². The molecule has 1 aromatic rings. The van der Waals surface area contributed by atoms with Crippen molar-refractivity contribution in [1.82, 2.24) is 25.4 Å². The molecular weight excluding hydrogens is 375 g/mol. The summed E-state index contributed by atoms with van der Waals surface area (Å²) < 4.78 is 40.5. The largest absolute Gasteiger partial charge is 0.405 e. The normalized spacial score (nSPS) is 25.0. The first kappa shape index (κ1) is 20.5. The number of nitrogens with one attached hydrogen (secondary N) is 2. The molecule has 2 saturated heterocycles. The molecule has 2 aliphatic heterocycles. The Morgan fingerprint density at radius 1 is 1.39 bits per heavy atom. The zero-order valence-corrected chi connectivity index (χ0v) is 15.6. The van der Waals surface area contributed by atoms with Gasteiger partial charge in [-0.15, -0.1) is 0 Å². The Kier molecular flexibility index (Phi) is 6.19. The van der Waals surface area contributed by atoms with Gasteiger partial charge in [-0.1, -0.05) is 6.07 Å². The van der Waals surface area contributed by atoms with Gasteiger partial charge in [0.2, 0.25) is 11.8 Å². The molecule has 3 heterocycles.